The second-order valence-electron chi connectivity index (χ2n) is 6.43. The third kappa shape index (κ3) is 7.55. The van der Waals surface area contributed by atoms with Crippen LogP contribution in [0.3, 0.4) is 0 Å². The summed E-state index contributed by atoms with van der Waals surface area (Å²) < 4.78 is 10.7. The first-order chi connectivity index (χ1) is 11.1. The van der Waals surface area contributed by atoms with Crippen molar-refractivity contribution in [3.8, 4) is 5.75 Å². The minimum Gasteiger partial charge on any atom is -0.492 e. The molecule has 0 fully saturated rings. The normalized spacial score (nSPS) is 12.2. The summed E-state index contributed by atoms with van der Waals surface area (Å²) in [7, 11) is 1.65. The Morgan fingerprint density at radius 2 is 2.00 bits per heavy atom. The van der Waals surface area contributed by atoms with E-state index in [-0.39, 0.29) is 5.91 Å². The molecule has 24 heavy (non-hydrogen) atoms. The van der Waals surface area contributed by atoms with Gasteiger partial charge in [-0.25, -0.2) is 4.79 Å². The SMILES string of the molecule is C[C@@H](NC(=O)OC(C)(C)C)C(=O)N(C)CCOc1cccc(Cl)c1. The van der Waals surface area contributed by atoms with E-state index in [9.17, 15) is 9.59 Å². The molecule has 1 rings (SSSR count). The Balaban J connectivity index is 2.39. The van der Waals surface area contributed by atoms with Gasteiger partial charge in [-0.15, -0.1) is 0 Å². The molecule has 1 N–H and O–H groups in total. The van der Waals surface area contributed by atoms with Crippen LogP contribution in [-0.4, -0.2) is 48.7 Å². The quantitative estimate of drug-likeness (QED) is 0.850. The number of alkyl carbamates (subject to hydrolysis) is 1. The van der Waals surface area contributed by atoms with E-state index < -0.39 is 17.7 Å². The van der Waals surface area contributed by atoms with Crippen LogP contribution < -0.4 is 10.1 Å². The van der Waals surface area contributed by atoms with E-state index in [0.29, 0.717) is 23.9 Å². The van der Waals surface area contributed by atoms with Gasteiger partial charge in [0.2, 0.25) is 5.91 Å². The summed E-state index contributed by atoms with van der Waals surface area (Å²) >= 11 is 5.88. The fourth-order valence-corrected chi connectivity index (χ4v) is 2.02. The molecule has 0 unspecified atom stereocenters. The molecule has 0 bridgehead atoms. The number of nitrogens with zero attached hydrogens (tertiary/aromatic N) is 1. The molecule has 1 aromatic carbocycles. The second-order valence-corrected chi connectivity index (χ2v) is 6.87. The highest BCUT2D eigenvalue weighted by Crippen LogP contribution is 2.16. The highest BCUT2D eigenvalue weighted by molar-refractivity contribution is 6.30. The molecule has 0 aromatic heterocycles. The van der Waals surface area contributed by atoms with E-state index in [0.717, 1.165) is 0 Å². The monoisotopic (exact) mass is 356 g/mol. The topological polar surface area (TPSA) is 67.9 Å². The number of rotatable bonds is 6. The summed E-state index contributed by atoms with van der Waals surface area (Å²) in [5.41, 5.74) is -0.608. The fraction of sp³-hybridized carbons (Fsp3) is 0.529. The van der Waals surface area contributed by atoms with E-state index in [1.165, 1.54) is 4.90 Å². The molecule has 7 heteroatoms. The Morgan fingerprint density at radius 3 is 2.58 bits per heavy atom. The molecule has 0 aliphatic carbocycles. The Hall–Kier alpha value is -1.95. The maximum atomic E-state index is 12.2. The third-order valence-corrected chi connectivity index (χ3v) is 3.21. The fourth-order valence-electron chi connectivity index (χ4n) is 1.84. The molecular formula is C17H25ClN2O4. The lowest BCUT2D eigenvalue weighted by Crippen LogP contribution is -2.47. The summed E-state index contributed by atoms with van der Waals surface area (Å²) in [6.45, 7) is 7.60. The molecule has 0 aliphatic heterocycles. The smallest absolute Gasteiger partial charge is 0.408 e. The second kappa shape index (κ2) is 8.78. The van der Waals surface area contributed by atoms with Crippen molar-refractivity contribution < 1.29 is 19.1 Å². The number of halogens is 1. The number of carbonyl (C=O) groups excluding carboxylic acids is 2. The van der Waals surface area contributed by atoms with Gasteiger partial charge >= 0.3 is 6.09 Å². The van der Waals surface area contributed by atoms with Crippen molar-refractivity contribution in [1.82, 2.24) is 10.2 Å². The molecule has 1 aromatic rings. The van der Waals surface area contributed by atoms with Gasteiger partial charge in [-0.2, -0.15) is 0 Å². The number of amides is 2. The van der Waals surface area contributed by atoms with Crippen LogP contribution in [0.2, 0.25) is 5.02 Å². The Labute approximate surface area is 148 Å². The van der Waals surface area contributed by atoms with Crippen LogP contribution >= 0.6 is 11.6 Å². The lowest BCUT2D eigenvalue weighted by Gasteiger charge is -2.24. The van der Waals surface area contributed by atoms with E-state index in [1.807, 2.05) is 0 Å². The first-order valence-corrected chi connectivity index (χ1v) is 8.09. The molecule has 2 amide bonds. The Kier molecular flexibility index (Phi) is 7.35. The van der Waals surface area contributed by atoms with Crippen LogP contribution in [0.5, 0.6) is 5.75 Å². The number of hydrogen-bond donors (Lipinski definition) is 1. The average molecular weight is 357 g/mol. The maximum Gasteiger partial charge on any atom is 0.408 e. The predicted octanol–water partition coefficient (Wildman–Crippen LogP) is 3.09. The van der Waals surface area contributed by atoms with Gasteiger partial charge in [-0.05, 0) is 45.9 Å². The zero-order valence-corrected chi connectivity index (χ0v) is 15.5. The lowest BCUT2D eigenvalue weighted by atomic mass is 10.2. The molecule has 0 aliphatic rings. The standard InChI is InChI=1S/C17H25ClN2O4/c1-12(19-16(22)24-17(2,3)4)15(21)20(5)9-10-23-14-8-6-7-13(18)11-14/h6-8,11-12H,9-10H2,1-5H3,(H,19,22)/t12-/m1/s1. The van der Waals surface area contributed by atoms with Crippen molar-refractivity contribution >= 4 is 23.6 Å². The minimum absolute atomic E-state index is 0.226. The van der Waals surface area contributed by atoms with Crippen LogP contribution in [0.4, 0.5) is 4.79 Å². The molecule has 6 nitrogen and oxygen atoms in total. The minimum atomic E-state index is -0.684. The van der Waals surface area contributed by atoms with Gasteiger partial charge in [0.05, 0.1) is 6.54 Å². The van der Waals surface area contributed by atoms with Gasteiger partial charge < -0.3 is 19.7 Å². The van der Waals surface area contributed by atoms with Crippen molar-refractivity contribution in [2.45, 2.75) is 39.3 Å². The van der Waals surface area contributed by atoms with Gasteiger partial charge in [0.1, 0.15) is 24.0 Å². The Bertz CT molecular complexity index is 572. The molecule has 0 spiro atoms. The van der Waals surface area contributed by atoms with Crippen LogP contribution in [0.25, 0.3) is 0 Å². The Morgan fingerprint density at radius 1 is 1.33 bits per heavy atom. The zero-order chi connectivity index (χ0) is 18.3. The number of ether oxygens (including phenoxy) is 2. The number of carbonyl (C=O) groups is 2. The van der Waals surface area contributed by atoms with E-state index in [4.69, 9.17) is 21.1 Å². The van der Waals surface area contributed by atoms with E-state index in [2.05, 4.69) is 5.32 Å². The number of benzene rings is 1. The molecule has 1 atom stereocenters. The van der Waals surface area contributed by atoms with Crippen LogP contribution in [0.1, 0.15) is 27.7 Å². The highest BCUT2D eigenvalue weighted by Gasteiger charge is 2.23. The molecule has 0 heterocycles. The number of nitrogens with one attached hydrogen (secondary N) is 1. The number of likely N-dealkylation sites (N-methyl/N-ethyl adjacent to an activating group) is 1. The number of hydrogen-bond acceptors (Lipinski definition) is 4. The van der Waals surface area contributed by atoms with Gasteiger partial charge in [0, 0.05) is 12.1 Å². The van der Waals surface area contributed by atoms with Gasteiger partial charge in [0.25, 0.3) is 0 Å². The molecule has 0 saturated carbocycles. The summed E-state index contributed by atoms with van der Waals surface area (Å²) in [6.07, 6.45) is -0.619. The van der Waals surface area contributed by atoms with Crippen molar-refractivity contribution in [2.24, 2.45) is 0 Å². The van der Waals surface area contributed by atoms with Gasteiger partial charge in [-0.3, -0.25) is 4.79 Å². The first-order valence-electron chi connectivity index (χ1n) is 7.71. The van der Waals surface area contributed by atoms with Crippen LogP contribution in [-0.2, 0) is 9.53 Å². The summed E-state index contributed by atoms with van der Waals surface area (Å²) in [5.74, 6) is 0.416. The van der Waals surface area contributed by atoms with Crippen molar-refractivity contribution in [2.75, 3.05) is 20.2 Å². The predicted molar refractivity (Wildman–Crippen MR) is 93.4 cm³/mol. The third-order valence-electron chi connectivity index (χ3n) is 2.97. The van der Waals surface area contributed by atoms with Crippen molar-refractivity contribution in [3.05, 3.63) is 29.3 Å². The van der Waals surface area contributed by atoms with E-state index >= 15 is 0 Å². The van der Waals surface area contributed by atoms with Crippen molar-refractivity contribution in [3.63, 3.8) is 0 Å². The molecule has 134 valence electrons. The molecule has 0 radical (unpaired) electrons. The zero-order valence-electron chi connectivity index (χ0n) is 14.8. The summed E-state index contributed by atoms with van der Waals surface area (Å²) in [5, 5.41) is 3.11. The average Bonchev–Trinajstić information content (AvgIpc) is 2.44. The molecule has 0 saturated heterocycles. The largest absolute Gasteiger partial charge is 0.492 e. The van der Waals surface area contributed by atoms with E-state index in [1.54, 1.807) is 59.0 Å². The van der Waals surface area contributed by atoms with Gasteiger partial charge in [0.15, 0.2) is 0 Å². The van der Waals surface area contributed by atoms with Crippen LogP contribution in [0, 0.1) is 0 Å². The van der Waals surface area contributed by atoms with Crippen molar-refractivity contribution in [1.29, 1.82) is 0 Å². The molecular weight excluding hydrogens is 332 g/mol. The maximum absolute atomic E-state index is 12.2. The van der Waals surface area contributed by atoms with Crippen LogP contribution in [0.15, 0.2) is 24.3 Å². The highest BCUT2D eigenvalue weighted by atomic mass is 35.5. The first kappa shape index (κ1) is 20.1. The van der Waals surface area contributed by atoms with Gasteiger partial charge in [-0.1, -0.05) is 17.7 Å². The lowest BCUT2D eigenvalue weighted by molar-refractivity contribution is -0.132. The summed E-state index contributed by atoms with van der Waals surface area (Å²) in [4.78, 5) is 25.4. The summed E-state index contributed by atoms with van der Waals surface area (Å²) in [6, 6.07) is 6.36.